The minimum Gasteiger partial charge on any atom is -0.492 e. The lowest BCUT2D eigenvalue weighted by atomic mass is 10.2. The predicted molar refractivity (Wildman–Crippen MR) is 137 cm³/mol. The Bertz CT molecular complexity index is 778. The van der Waals surface area contributed by atoms with Gasteiger partial charge in [0.25, 0.3) is 0 Å². The zero-order chi connectivity index (χ0) is 21.2. The molecule has 0 spiro atoms. The van der Waals surface area contributed by atoms with Crippen molar-refractivity contribution < 1.29 is 9.47 Å². The summed E-state index contributed by atoms with van der Waals surface area (Å²) in [7, 11) is 0. The second-order valence-corrected chi connectivity index (χ2v) is 7.47. The van der Waals surface area contributed by atoms with Crippen molar-refractivity contribution in [3.8, 4) is 5.75 Å². The molecule has 1 fully saturated rings. The molecule has 2 unspecified atom stereocenters. The van der Waals surface area contributed by atoms with Gasteiger partial charge in [-0.3, -0.25) is 0 Å². The van der Waals surface area contributed by atoms with Gasteiger partial charge in [0.2, 0.25) is 0 Å². The normalized spacial score (nSPS) is 18.8. The fourth-order valence-corrected chi connectivity index (χ4v) is 3.43. The number of aromatic nitrogens is 1. The zero-order valence-corrected chi connectivity index (χ0v) is 20.9. The molecule has 0 saturated carbocycles. The molecule has 2 aromatic rings. The quantitative estimate of drug-likeness (QED) is 0.232. The van der Waals surface area contributed by atoms with E-state index in [1.165, 1.54) is 0 Å². The molecule has 2 heterocycles. The summed E-state index contributed by atoms with van der Waals surface area (Å²) >= 11 is 0. The summed E-state index contributed by atoms with van der Waals surface area (Å²) in [5.41, 5.74) is 1.07. The highest BCUT2D eigenvalue weighted by atomic mass is 127. The van der Waals surface area contributed by atoms with E-state index in [-0.39, 0.29) is 36.2 Å². The number of hydrogen-bond acceptors (Lipinski definition) is 5. The first kappa shape index (κ1) is 25.2. The van der Waals surface area contributed by atoms with Gasteiger partial charge in [0, 0.05) is 25.8 Å². The summed E-state index contributed by atoms with van der Waals surface area (Å²) in [4.78, 5) is 11.6. The van der Waals surface area contributed by atoms with E-state index >= 15 is 0 Å². The van der Waals surface area contributed by atoms with Gasteiger partial charge in [0.15, 0.2) is 5.96 Å². The Balaban J connectivity index is 0.00000341. The van der Waals surface area contributed by atoms with E-state index in [1.807, 2.05) is 36.5 Å². The third kappa shape index (κ3) is 8.53. The summed E-state index contributed by atoms with van der Waals surface area (Å²) < 4.78 is 11.5. The van der Waals surface area contributed by atoms with Crippen molar-refractivity contribution >= 4 is 35.8 Å². The standard InChI is InChI=1S/C23H33N5O2.HI/c1-4-24-23(25-12-13-29-21-8-6-5-7-9-21)27-15-20-10-11-22(26-14-20)28-16-18(2)30-19(3)17-28;/h5-11,14,18-19H,4,12-13,15-17H2,1-3H3,(H2,24,25,27);1H. The summed E-state index contributed by atoms with van der Waals surface area (Å²) in [5, 5.41) is 6.57. The Labute approximate surface area is 202 Å². The lowest BCUT2D eigenvalue weighted by Crippen LogP contribution is -2.45. The van der Waals surface area contributed by atoms with Crippen molar-refractivity contribution in [3.05, 3.63) is 54.2 Å². The smallest absolute Gasteiger partial charge is 0.191 e. The summed E-state index contributed by atoms with van der Waals surface area (Å²) in [6, 6.07) is 14.0. The molecule has 0 bridgehead atoms. The number of para-hydroxylation sites is 1. The number of hydrogen-bond donors (Lipinski definition) is 2. The summed E-state index contributed by atoms with van der Waals surface area (Å²) in [6.45, 7) is 10.6. The molecule has 1 aromatic carbocycles. The highest BCUT2D eigenvalue weighted by Gasteiger charge is 2.22. The van der Waals surface area contributed by atoms with E-state index in [2.05, 4.69) is 58.4 Å². The van der Waals surface area contributed by atoms with Gasteiger partial charge in [-0.05, 0) is 44.5 Å². The van der Waals surface area contributed by atoms with Crippen LogP contribution >= 0.6 is 24.0 Å². The van der Waals surface area contributed by atoms with Crippen LogP contribution in [0.3, 0.4) is 0 Å². The minimum atomic E-state index is 0. The molecule has 1 aromatic heterocycles. The van der Waals surface area contributed by atoms with Crippen molar-refractivity contribution in [2.75, 3.05) is 37.7 Å². The molecule has 1 aliphatic rings. The van der Waals surface area contributed by atoms with Gasteiger partial charge in [-0.15, -0.1) is 24.0 Å². The van der Waals surface area contributed by atoms with Crippen LogP contribution in [-0.4, -0.2) is 55.9 Å². The molecule has 1 aliphatic heterocycles. The number of ether oxygens (including phenoxy) is 2. The maximum atomic E-state index is 5.80. The van der Waals surface area contributed by atoms with Crippen molar-refractivity contribution in [3.63, 3.8) is 0 Å². The SMILES string of the molecule is CCNC(=NCc1ccc(N2CC(C)OC(C)C2)nc1)NCCOc1ccccc1.I. The third-order valence-electron chi connectivity index (χ3n) is 4.72. The molecule has 8 heteroatoms. The van der Waals surface area contributed by atoms with Crippen molar-refractivity contribution in [1.29, 1.82) is 0 Å². The molecular formula is C23H34IN5O2. The maximum absolute atomic E-state index is 5.80. The van der Waals surface area contributed by atoms with E-state index in [0.29, 0.717) is 19.7 Å². The number of rotatable bonds is 8. The number of guanidine groups is 1. The third-order valence-corrected chi connectivity index (χ3v) is 4.72. The maximum Gasteiger partial charge on any atom is 0.191 e. The first-order valence-corrected chi connectivity index (χ1v) is 10.7. The van der Waals surface area contributed by atoms with Crippen molar-refractivity contribution in [2.24, 2.45) is 4.99 Å². The molecule has 2 N–H and O–H groups in total. The van der Waals surface area contributed by atoms with Gasteiger partial charge in [-0.2, -0.15) is 0 Å². The van der Waals surface area contributed by atoms with Crippen LogP contribution in [0.2, 0.25) is 0 Å². The molecule has 0 radical (unpaired) electrons. The largest absolute Gasteiger partial charge is 0.492 e. The lowest BCUT2D eigenvalue weighted by Gasteiger charge is -2.36. The van der Waals surface area contributed by atoms with Crippen LogP contribution in [0.15, 0.2) is 53.7 Å². The Morgan fingerprint density at radius 3 is 2.52 bits per heavy atom. The van der Waals surface area contributed by atoms with E-state index in [0.717, 1.165) is 42.7 Å². The molecule has 170 valence electrons. The second-order valence-electron chi connectivity index (χ2n) is 7.47. The summed E-state index contributed by atoms with van der Waals surface area (Å²) in [5.74, 6) is 2.64. The Kier molecular flexibility index (Phi) is 10.9. The average Bonchev–Trinajstić information content (AvgIpc) is 2.75. The highest BCUT2D eigenvalue weighted by molar-refractivity contribution is 14.0. The second kappa shape index (κ2) is 13.4. The van der Waals surface area contributed by atoms with Gasteiger partial charge >= 0.3 is 0 Å². The number of anilines is 1. The van der Waals surface area contributed by atoms with Crippen LogP contribution in [0.4, 0.5) is 5.82 Å². The Hall–Kier alpha value is -2.07. The number of nitrogens with one attached hydrogen (secondary N) is 2. The number of aliphatic imine (C=N–C) groups is 1. The zero-order valence-electron chi connectivity index (χ0n) is 18.6. The van der Waals surface area contributed by atoms with E-state index in [9.17, 15) is 0 Å². The molecule has 3 rings (SSSR count). The fourth-order valence-electron chi connectivity index (χ4n) is 3.43. The van der Waals surface area contributed by atoms with Crippen LogP contribution in [0.5, 0.6) is 5.75 Å². The van der Waals surface area contributed by atoms with Crippen LogP contribution < -0.4 is 20.3 Å². The van der Waals surface area contributed by atoms with Crippen molar-refractivity contribution in [1.82, 2.24) is 15.6 Å². The van der Waals surface area contributed by atoms with Gasteiger partial charge in [-0.25, -0.2) is 9.98 Å². The molecule has 0 amide bonds. The molecule has 31 heavy (non-hydrogen) atoms. The Morgan fingerprint density at radius 1 is 1.13 bits per heavy atom. The number of benzene rings is 1. The van der Waals surface area contributed by atoms with E-state index in [4.69, 9.17) is 9.47 Å². The fraction of sp³-hybridized carbons (Fsp3) is 0.478. The van der Waals surface area contributed by atoms with Crippen LogP contribution in [0, 0.1) is 0 Å². The lowest BCUT2D eigenvalue weighted by molar-refractivity contribution is -0.00545. The number of halogens is 1. The molecule has 1 saturated heterocycles. The molecule has 2 atom stereocenters. The van der Waals surface area contributed by atoms with Gasteiger partial charge in [-0.1, -0.05) is 24.3 Å². The minimum absolute atomic E-state index is 0. The topological polar surface area (TPSA) is 71.0 Å². The van der Waals surface area contributed by atoms with Crippen LogP contribution in [0.25, 0.3) is 0 Å². The summed E-state index contributed by atoms with van der Waals surface area (Å²) in [6.07, 6.45) is 2.35. The molecule has 7 nitrogen and oxygen atoms in total. The van der Waals surface area contributed by atoms with Crippen molar-refractivity contribution in [2.45, 2.75) is 39.5 Å². The Morgan fingerprint density at radius 2 is 1.87 bits per heavy atom. The average molecular weight is 539 g/mol. The first-order valence-electron chi connectivity index (χ1n) is 10.7. The predicted octanol–water partition coefficient (Wildman–Crippen LogP) is 3.45. The van der Waals surface area contributed by atoms with E-state index in [1.54, 1.807) is 0 Å². The van der Waals surface area contributed by atoms with E-state index < -0.39 is 0 Å². The van der Waals surface area contributed by atoms with Crippen LogP contribution in [-0.2, 0) is 11.3 Å². The number of pyridine rings is 1. The first-order chi connectivity index (χ1) is 14.6. The van der Waals surface area contributed by atoms with Gasteiger partial charge < -0.3 is 25.0 Å². The number of morpholine rings is 1. The molecule has 0 aliphatic carbocycles. The molecular weight excluding hydrogens is 505 g/mol. The highest BCUT2D eigenvalue weighted by Crippen LogP contribution is 2.18. The van der Waals surface area contributed by atoms with Crippen LogP contribution in [0.1, 0.15) is 26.3 Å². The van der Waals surface area contributed by atoms with Gasteiger partial charge in [0.05, 0.1) is 25.3 Å². The number of nitrogens with zero attached hydrogens (tertiary/aromatic N) is 3. The monoisotopic (exact) mass is 539 g/mol. The van der Waals surface area contributed by atoms with Gasteiger partial charge in [0.1, 0.15) is 18.2 Å².